The zero-order valence-electron chi connectivity index (χ0n) is 20.5. The second-order valence-electron chi connectivity index (χ2n) is 8.92. The van der Waals surface area contributed by atoms with Gasteiger partial charge in [-0.15, -0.1) is 0 Å². The van der Waals surface area contributed by atoms with Crippen LogP contribution in [-0.4, -0.2) is 47.2 Å². The Morgan fingerprint density at radius 1 is 1.19 bits per heavy atom. The van der Waals surface area contributed by atoms with Gasteiger partial charge in [-0.25, -0.2) is 0 Å². The fraction of sp³-hybridized carbons (Fsp3) is 0.333. The number of nitrogens with zero attached hydrogens (tertiary/aromatic N) is 1. The van der Waals surface area contributed by atoms with Gasteiger partial charge < -0.3 is 19.9 Å². The van der Waals surface area contributed by atoms with E-state index in [9.17, 15) is 22.8 Å². The van der Waals surface area contributed by atoms with Gasteiger partial charge in [0.2, 0.25) is 5.91 Å². The minimum Gasteiger partial charge on any atom is -0.484 e. The largest absolute Gasteiger partial charge is 0.484 e. The van der Waals surface area contributed by atoms with Gasteiger partial charge in [-0.05, 0) is 36.8 Å². The number of thioether (sulfide) groups is 1. The summed E-state index contributed by atoms with van der Waals surface area (Å²) in [4.78, 5) is 25.8. The highest BCUT2D eigenvalue weighted by Gasteiger charge is 2.34. The fourth-order valence-electron chi connectivity index (χ4n) is 4.59. The van der Waals surface area contributed by atoms with Crippen molar-refractivity contribution in [3.63, 3.8) is 0 Å². The number of alkyl halides is 3. The molecule has 0 bridgehead atoms. The smallest absolute Gasteiger partial charge is 0.422 e. The SMILES string of the molecule is CSCC(=O)Nc1c2c(n(C)c1-c1ccccc1)CC(CCc1cccc(OCC(F)(F)F)c1)NC2=O. The van der Waals surface area contributed by atoms with Crippen molar-refractivity contribution in [3.8, 4) is 17.0 Å². The molecule has 6 nitrogen and oxygen atoms in total. The highest BCUT2D eigenvalue weighted by atomic mass is 32.2. The lowest BCUT2D eigenvalue weighted by molar-refractivity contribution is -0.153. The van der Waals surface area contributed by atoms with E-state index in [2.05, 4.69) is 10.6 Å². The number of anilines is 1. The number of aromatic nitrogens is 1. The third-order valence-electron chi connectivity index (χ3n) is 6.19. The quantitative estimate of drug-likeness (QED) is 0.397. The third kappa shape index (κ3) is 6.49. The Morgan fingerprint density at radius 2 is 1.95 bits per heavy atom. The molecule has 2 heterocycles. The molecule has 37 heavy (non-hydrogen) atoms. The molecule has 2 aromatic carbocycles. The number of fused-ring (bicyclic) bond motifs is 1. The van der Waals surface area contributed by atoms with Gasteiger partial charge in [0.1, 0.15) is 5.75 Å². The van der Waals surface area contributed by atoms with Crippen LogP contribution >= 0.6 is 11.8 Å². The summed E-state index contributed by atoms with van der Waals surface area (Å²) in [6.45, 7) is -1.34. The average molecular weight is 532 g/mol. The molecular weight excluding hydrogens is 503 g/mol. The van der Waals surface area contributed by atoms with Crippen LogP contribution in [0, 0.1) is 0 Å². The highest BCUT2D eigenvalue weighted by molar-refractivity contribution is 7.99. The van der Waals surface area contributed by atoms with Crippen molar-refractivity contribution >= 4 is 29.3 Å². The van der Waals surface area contributed by atoms with Crippen molar-refractivity contribution in [2.24, 2.45) is 7.05 Å². The summed E-state index contributed by atoms with van der Waals surface area (Å²) in [6.07, 6.45) is -0.861. The molecule has 0 radical (unpaired) electrons. The van der Waals surface area contributed by atoms with E-state index in [1.165, 1.54) is 17.8 Å². The molecule has 1 aliphatic rings. The molecular formula is C27H28F3N3O3S. The molecule has 1 atom stereocenters. The van der Waals surface area contributed by atoms with Crippen LogP contribution in [0.15, 0.2) is 54.6 Å². The standard InChI is InChI=1S/C27H28F3N3O3S/c1-33-21-14-19(12-11-17-7-6-10-20(13-17)36-16-27(28,29)30)31-26(35)23(21)24(32-22(34)15-37-2)25(33)18-8-4-3-5-9-18/h3-10,13,19H,11-12,14-16H2,1-2H3,(H,31,35)(H,32,34). The van der Waals surface area contributed by atoms with E-state index in [-0.39, 0.29) is 29.4 Å². The number of hydrogen-bond acceptors (Lipinski definition) is 4. The van der Waals surface area contributed by atoms with E-state index in [1.807, 2.05) is 54.3 Å². The van der Waals surface area contributed by atoms with Gasteiger partial charge in [0.15, 0.2) is 6.61 Å². The van der Waals surface area contributed by atoms with Crippen LogP contribution < -0.4 is 15.4 Å². The summed E-state index contributed by atoms with van der Waals surface area (Å²) in [5, 5.41) is 6.01. The van der Waals surface area contributed by atoms with Crippen LogP contribution in [0.25, 0.3) is 11.3 Å². The summed E-state index contributed by atoms with van der Waals surface area (Å²) in [5.74, 6) is -0.00909. The molecule has 4 rings (SSSR count). The monoisotopic (exact) mass is 531 g/mol. The van der Waals surface area contributed by atoms with E-state index >= 15 is 0 Å². The molecule has 1 aromatic heterocycles. The van der Waals surface area contributed by atoms with Crippen molar-refractivity contribution in [2.45, 2.75) is 31.5 Å². The molecule has 0 saturated heterocycles. The minimum atomic E-state index is -4.40. The van der Waals surface area contributed by atoms with Gasteiger partial charge in [-0.2, -0.15) is 24.9 Å². The number of halogens is 3. The molecule has 196 valence electrons. The number of hydrogen-bond donors (Lipinski definition) is 2. The van der Waals surface area contributed by atoms with Gasteiger partial charge in [-0.1, -0.05) is 42.5 Å². The number of nitrogens with one attached hydrogen (secondary N) is 2. The zero-order chi connectivity index (χ0) is 26.6. The number of carbonyl (C=O) groups excluding carboxylic acids is 2. The molecule has 10 heteroatoms. The first-order valence-electron chi connectivity index (χ1n) is 11.8. The Hall–Kier alpha value is -3.40. The molecule has 2 amide bonds. The maximum atomic E-state index is 13.3. The summed E-state index contributed by atoms with van der Waals surface area (Å²) in [5.41, 5.74) is 4.28. The molecule has 0 spiro atoms. The van der Waals surface area contributed by atoms with Gasteiger partial charge in [-0.3, -0.25) is 9.59 Å². The van der Waals surface area contributed by atoms with E-state index in [4.69, 9.17) is 4.74 Å². The highest BCUT2D eigenvalue weighted by Crippen LogP contribution is 2.38. The van der Waals surface area contributed by atoms with Gasteiger partial charge >= 0.3 is 6.18 Å². The lowest BCUT2D eigenvalue weighted by Gasteiger charge is -2.25. The first-order valence-corrected chi connectivity index (χ1v) is 13.2. The number of rotatable bonds is 9. The Bertz CT molecular complexity index is 1280. The molecule has 1 unspecified atom stereocenters. The minimum absolute atomic E-state index is 0.158. The molecule has 2 N–H and O–H groups in total. The van der Waals surface area contributed by atoms with Gasteiger partial charge in [0.25, 0.3) is 5.91 Å². The summed E-state index contributed by atoms with van der Waals surface area (Å²) in [6, 6.07) is 16.0. The number of carbonyl (C=O) groups is 2. The van der Waals surface area contributed by atoms with Crippen molar-refractivity contribution < 1.29 is 27.5 Å². The number of ether oxygens (including phenoxy) is 1. The van der Waals surface area contributed by atoms with Crippen molar-refractivity contribution in [2.75, 3.05) is 23.9 Å². The van der Waals surface area contributed by atoms with Gasteiger partial charge in [0, 0.05) is 30.8 Å². The Balaban J connectivity index is 1.55. The predicted molar refractivity (Wildman–Crippen MR) is 139 cm³/mol. The Labute approximate surface area is 217 Å². The maximum Gasteiger partial charge on any atom is 0.422 e. The molecule has 0 saturated carbocycles. The van der Waals surface area contributed by atoms with Crippen LogP contribution in [0.3, 0.4) is 0 Å². The van der Waals surface area contributed by atoms with Crippen molar-refractivity contribution in [1.29, 1.82) is 0 Å². The Kier molecular flexibility index (Phi) is 8.16. The molecule has 3 aromatic rings. The van der Waals surface area contributed by atoms with E-state index in [1.54, 1.807) is 12.1 Å². The Morgan fingerprint density at radius 3 is 2.65 bits per heavy atom. The first-order chi connectivity index (χ1) is 17.7. The first kappa shape index (κ1) is 26.7. The van der Waals surface area contributed by atoms with E-state index < -0.39 is 12.8 Å². The van der Waals surface area contributed by atoms with E-state index in [0.29, 0.717) is 30.5 Å². The predicted octanol–water partition coefficient (Wildman–Crippen LogP) is 5.22. The van der Waals surface area contributed by atoms with Crippen LogP contribution in [0.5, 0.6) is 5.75 Å². The van der Waals surface area contributed by atoms with Crippen LogP contribution in [0.4, 0.5) is 18.9 Å². The van der Waals surface area contributed by atoms with E-state index in [0.717, 1.165) is 22.5 Å². The summed E-state index contributed by atoms with van der Waals surface area (Å²) < 4.78 is 44.3. The second-order valence-corrected chi connectivity index (χ2v) is 9.78. The number of aryl methyl sites for hydroxylation is 1. The maximum absolute atomic E-state index is 13.3. The molecule has 0 aliphatic carbocycles. The fourth-order valence-corrected chi connectivity index (χ4v) is 4.93. The van der Waals surface area contributed by atoms with Gasteiger partial charge in [0.05, 0.1) is 22.7 Å². The lowest BCUT2D eigenvalue weighted by Crippen LogP contribution is -2.42. The lowest BCUT2D eigenvalue weighted by atomic mass is 9.95. The van der Waals surface area contributed by atoms with Crippen LogP contribution in [0.1, 0.15) is 28.0 Å². The number of benzene rings is 2. The third-order valence-corrected chi connectivity index (χ3v) is 6.74. The normalized spacial score (nSPS) is 15.2. The summed E-state index contributed by atoms with van der Waals surface area (Å²) >= 11 is 1.40. The number of amides is 2. The zero-order valence-corrected chi connectivity index (χ0v) is 21.3. The van der Waals surface area contributed by atoms with Crippen LogP contribution in [-0.2, 0) is 24.7 Å². The topological polar surface area (TPSA) is 72.4 Å². The molecule has 1 aliphatic heterocycles. The van der Waals surface area contributed by atoms with Crippen molar-refractivity contribution in [3.05, 3.63) is 71.4 Å². The average Bonchev–Trinajstić information content (AvgIpc) is 3.13. The van der Waals surface area contributed by atoms with Crippen molar-refractivity contribution in [1.82, 2.24) is 9.88 Å². The second kappa shape index (κ2) is 11.3. The van der Waals surface area contributed by atoms with Crippen LogP contribution in [0.2, 0.25) is 0 Å². The summed E-state index contributed by atoms with van der Waals surface area (Å²) in [7, 11) is 1.89. The molecule has 0 fully saturated rings.